The molecule has 0 atom stereocenters. The highest BCUT2D eigenvalue weighted by Crippen LogP contribution is 2.35. The fraction of sp³-hybridized carbons (Fsp3) is 0.138. The zero-order valence-electron chi connectivity index (χ0n) is 38.5. The molecule has 0 N–H and O–H groups in total. The molecule has 0 aliphatic heterocycles. The highest BCUT2D eigenvalue weighted by Gasteiger charge is 2.23. The summed E-state index contributed by atoms with van der Waals surface area (Å²) in [6.45, 7) is 4.35. The van der Waals surface area contributed by atoms with E-state index in [9.17, 15) is 4.32 Å². The highest BCUT2D eigenvalue weighted by atomic mass is 19.1. The van der Waals surface area contributed by atoms with Crippen LogP contribution in [-0.4, -0.2) is 35.6 Å². The zero-order valence-corrected chi connectivity index (χ0v) is 38.5. The average molecular weight is 875 g/mol. The molecule has 0 amide bonds. The first-order chi connectivity index (χ1) is 32.0. The molecule has 6 nitrogen and oxygen atoms in total. The molecule has 2 aromatic heterocycles. The van der Waals surface area contributed by atoms with E-state index in [1.807, 2.05) is 48.5 Å². The van der Waals surface area contributed by atoms with Crippen LogP contribution in [0.1, 0.15) is 49.3 Å². The Bertz CT molecular complexity index is 2470. The van der Waals surface area contributed by atoms with Gasteiger partial charge in [0.1, 0.15) is 7.40 Å². The van der Waals surface area contributed by atoms with Crippen LogP contribution in [0, 0.1) is 0 Å². The molecular weight excluding hydrogens is 818 g/mol. The van der Waals surface area contributed by atoms with Crippen LogP contribution in [0.25, 0.3) is 68.2 Å². The molecular formula is C58H56BFN2O4. The van der Waals surface area contributed by atoms with Gasteiger partial charge in [0.05, 0.1) is 46.5 Å². The predicted octanol–water partition coefficient (Wildman–Crippen LogP) is 13.5. The number of rotatable bonds is 12. The molecule has 2 heterocycles. The van der Waals surface area contributed by atoms with Crippen molar-refractivity contribution in [1.29, 1.82) is 0 Å². The number of halogens is 1. The Hall–Kier alpha value is -7.39. The first-order valence-corrected chi connectivity index (χ1v) is 22.1. The maximum atomic E-state index is 9.89. The molecule has 0 saturated heterocycles. The standard InChI is InChI=1S/2C29H28NO.BFO2/c2*1-4-23(19-22-15-17-27(18-16-22)30(2)3)28-20-26(24-11-7-5-8-12-24)21-29(31-28)25-13-9-6-10-14-25;2-1(3)4/h2*5-21H,4H2,1-3H3;/q2*+1;-2/b2*23-19+;. The molecule has 332 valence electrons. The predicted molar refractivity (Wildman–Crippen MR) is 273 cm³/mol. The summed E-state index contributed by atoms with van der Waals surface area (Å²) >= 11 is 0. The van der Waals surface area contributed by atoms with Crippen LogP contribution in [-0.2, 0) is 0 Å². The molecule has 0 unspecified atom stereocenters. The van der Waals surface area contributed by atoms with Crippen molar-refractivity contribution < 1.29 is 23.2 Å². The number of allylic oxidation sites excluding steroid dienone is 2. The van der Waals surface area contributed by atoms with Gasteiger partial charge in [-0.2, -0.15) is 0 Å². The molecule has 8 aromatic rings. The quantitative estimate of drug-likeness (QED) is 0.0899. The summed E-state index contributed by atoms with van der Waals surface area (Å²) < 4.78 is 22.8. The van der Waals surface area contributed by atoms with Gasteiger partial charge in [-0.3, -0.25) is 0 Å². The maximum absolute atomic E-state index is 9.89. The molecule has 0 saturated carbocycles. The van der Waals surface area contributed by atoms with E-state index in [0.717, 1.165) is 58.1 Å². The van der Waals surface area contributed by atoms with Crippen LogP contribution in [0.15, 0.2) is 203 Å². The van der Waals surface area contributed by atoms with Crippen LogP contribution in [0.3, 0.4) is 0 Å². The Kier molecular flexibility index (Phi) is 17.5. The first kappa shape index (κ1) is 48.1. The van der Waals surface area contributed by atoms with Crippen LogP contribution in [0.5, 0.6) is 0 Å². The van der Waals surface area contributed by atoms with Crippen molar-refractivity contribution in [1.82, 2.24) is 0 Å². The maximum Gasteiger partial charge on any atom is 0.361 e. The Balaban J connectivity index is 0.000000202. The topological polar surface area (TPSA) is 75.2 Å². The third-order valence-corrected chi connectivity index (χ3v) is 10.8. The normalized spacial score (nSPS) is 11.1. The monoisotopic (exact) mass is 874 g/mol. The lowest BCUT2D eigenvalue weighted by atomic mass is 10.00. The minimum absolute atomic E-state index is 0.874. The molecule has 0 fully saturated rings. The van der Waals surface area contributed by atoms with Crippen LogP contribution in [0.2, 0.25) is 0 Å². The molecule has 8 heteroatoms. The molecule has 0 aliphatic rings. The number of anilines is 2. The SMILES string of the molecule is CC/C(=C\c1ccc(N(C)C)cc1)c1cc(-c2ccccc2)cc(-c2ccccc2)[o+]1.CC/C(=C\c1ccc(N(C)C)cc1)c1cc(-c2ccccc2)cc(-c2ccccc2)[o+]1.[O-]B([O-])F. The van der Waals surface area contributed by atoms with Gasteiger partial charge >= 0.3 is 23.0 Å². The number of hydrogen-bond donors (Lipinski definition) is 0. The molecule has 6 aromatic carbocycles. The van der Waals surface area contributed by atoms with Crippen molar-refractivity contribution in [2.75, 3.05) is 38.0 Å². The van der Waals surface area contributed by atoms with Crippen molar-refractivity contribution in [3.63, 3.8) is 0 Å². The minimum Gasteiger partial charge on any atom is -0.867 e. The Morgan fingerprint density at radius 1 is 0.439 bits per heavy atom. The lowest BCUT2D eigenvalue weighted by Gasteiger charge is -2.12. The highest BCUT2D eigenvalue weighted by molar-refractivity contribution is 6.27. The van der Waals surface area contributed by atoms with Crippen LogP contribution < -0.4 is 19.8 Å². The van der Waals surface area contributed by atoms with Crippen molar-refractivity contribution in [2.24, 2.45) is 0 Å². The van der Waals surface area contributed by atoms with E-state index in [0.29, 0.717) is 0 Å². The number of benzene rings is 6. The van der Waals surface area contributed by atoms with Crippen molar-refractivity contribution in [3.8, 4) is 44.9 Å². The molecule has 0 radical (unpaired) electrons. The summed E-state index contributed by atoms with van der Waals surface area (Å²) in [5.41, 5.74) is 13.9. The second-order valence-corrected chi connectivity index (χ2v) is 15.9. The van der Waals surface area contributed by atoms with E-state index in [-0.39, 0.29) is 0 Å². The average Bonchev–Trinajstić information content (AvgIpc) is 3.36. The number of nitrogens with zero attached hydrogens (tertiary/aromatic N) is 2. The van der Waals surface area contributed by atoms with Gasteiger partial charge in [0.2, 0.25) is 0 Å². The van der Waals surface area contributed by atoms with Gasteiger partial charge in [0.25, 0.3) is 0 Å². The molecule has 0 bridgehead atoms. The van der Waals surface area contributed by atoms with Crippen molar-refractivity contribution >= 4 is 42.1 Å². The largest absolute Gasteiger partial charge is 0.867 e. The Labute approximate surface area is 390 Å². The van der Waals surface area contributed by atoms with Gasteiger partial charge in [0.15, 0.2) is 0 Å². The second kappa shape index (κ2) is 24.1. The number of hydrogen-bond acceptors (Lipinski definition) is 4. The molecule has 8 rings (SSSR count). The summed E-state index contributed by atoms with van der Waals surface area (Å²) in [6.07, 6.45) is 6.21. The fourth-order valence-corrected chi connectivity index (χ4v) is 7.24. The Morgan fingerprint density at radius 3 is 1.00 bits per heavy atom. The molecule has 0 aliphatic carbocycles. The summed E-state index contributed by atoms with van der Waals surface area (Å²) in [5, 5.41) is 16.6. The zero-order chi connectivity index (χ0) is 46.8. The minimum atomic E-state index is -3.17. The third-order valence-electron chi connectivity index (χ3n) is 10.8. The fourth-order valence-electron chi connectivity index (χ4n) is 7.24. The third kappa shape index (κ3) is 13.8. The first-order valence-electron chi connectivity index (χ1n) is 22.1. The van der Waals surface area contributed by atoms with Gasteiger partial charge in [-0.1, -0.05) is 135 Å². The van der Waals surface area contributed by atoms with E-state index in [1.165, 1.54) is 44.8 Å². The van der Waals surface area contributed by atoms with Crippen molar-refractivity contribution in [2.45, 2.75) is 26.7 Å². The summed E-state index contributed by atoms with van der Waals surface area (Å²) in [6, 6.07) is 67.3. The summed E-state index contributed by atoms with van der Waals surface area (Å²) in [7, 11) is 5.06. The lowest BCUT2D eigenvalue weighted by Crippen LogP contribution is -2.39. The lowest BCUT2D eigenvalue weighted by molar-refractivity contribution is -0.366. The van der Waals surface area contributed by atoms with E-state index < -0.39 is 7.40 Å². The van der Waals surface area contributed by atoms with E-state index in [1.54, 1.807) is 0 Å². The Morgan fingerprint density at radius 2 is 0.727 bits per heavy atom. The summed E-state index contributed by atoms with van der Waals surface area (Å²) in [5.74, 6) is 3.55. The second-order valence-electron chi connectivity index (χ2n) is 15.9. The van der Waals surface area contributed by atoms with Gasteiger partial charge in [-0.15, -0.1) is 0 Å². The van der Waals surface area contributed by atoms with Crippen LogP contribution in [0.4, 0.5) is 15.7 Å². The van der Waals surface area contributed by atoms with Crippen LogP contribution >= 0.6 is 0 Å². The van der Waals surface area contributed by atoms with Gasteiger partial charge in [-0.05, 0) is 95.8 Å². The van der Waals surface area contributed by atoms with Gasteiger partial charge < -0.3 is 24.2 Å². The summed E-state index contributed by atoms with van der Waals surface area (Å²) in [4.78, 5) is 4.22. The van der Waals surface area contributed by atoms with Crippen molar-refractivity contribution in [3.05, 3.63) is 217 Å². The van der Waals surface area contributed by atoms with E-state index in [4.69, 9.17) is 18.9 Å². The molecule has 66 heavy (non-hydrogen) atoms. The van der Waals surface area contributed by atoms with Gasteiger partial charge in [-0.25, -0.2) is 8.83 Å². The molecule has 0 spiro atoms. The smallest absolute Gasteiger partial charge is 0.361 e. The van der Waals surface area contributed by atoms with E-state index >= 15 is 0 Å². The van der Waals surface area contributed by atoms with E-state index in [2.05, 4.69) is 210 Å². The van der Waals surface area contributed by atoms with Gasteiger partial charge in [0, 0.05) is 50.7 Å².